The molecule has 0 aromatic carbocycles. The van der Waals surface area contributed by atoms with E-state index in [0.717, 1.165) is 6.92 Å². The molecule has 12 heteroatoms. The summed E-state index contributed by atoms with van der Waals surface area (Å²) in [6.45, 7) is 9.57. The Hall–Kier alpha value is -1.01. The number of hydrogen-bond acceptors (Lipinski definition) is 9. The van der Waals surface area contributed by atoms with Crippen molar-refractivity contribution in [1.29, 1.82) is 0 Å². The van der Waals surface area contributed by atoms with Crippen LogP contribution in [0, 0.1) is 28.6 Å². The zero-order chi connectivity index (χ0) is 31.2. The summed E-state index contributed by atoms with van der Waals surface area (Å²) in [5.41, 5.74) is -7.77. The first-order valence-corrected chi connectivity index (χ1v) is 16.0. The number of rotatable bonds is 8. The maximum absolute atomic E-state index is 13.7. The van der Waals surface area contributed by atoms with Crippen molar-refractivity contribution < 1.29 is 54.0 Å². The SMILES string of the molecule is CC(=O)[C@@]1(O)C[C@H]2C(=O)C=C3[C@H](CC[C@]4(C)[C@@H]([C@@](C)(O)[C@H](O)CCC(C)(C)O)CC[C@@]34O)[C@@]2(C)C[C@@H]1OP(=O)(O)O. The molecule has 0 aliphatic heterocycles. The van der Waals surface area contributed by atoms with E-state index in [2.05, 4.69) is 0 Å². The number of fused-ring (bicyclic) bond motifs is 5. The summed E-state index contributed by atoms with van der Waals surface area (Å²) >= 11 is 0. The Balaban J connectivity index is 1.71. The van der Waals surface area contributed by atoms with Crippen LogP contribution in [0.25, 0.3) is 0 Å². The summed E-state index contributed by atoms with van der Waals surface area (Å²) in [6, 6.07) is 0. The van der Waals surface area contributed by atoms with E-state index in [4.69, 9.17) is 4.52 Å². The topological polar surface area (TPSA) is 202 Å². The highest BCUT2D eigenvalue weighted by Crippen LogP contribution is 2.69. The van der Waals surface area contributed by atoms with E-state index in [-0.39, 0.29) is 37.9 Å². The van der Waals surface area contributed by atoms with Crippen LogP contribution in [0.4, 0.5) is 0 Å². The molecule has 11 nitrogen and oxygen atoms in total. The molecule has 234 valence electrons. The van der Waals surface area contributed by atoms with Crippen molar-refractivity contribution >= 4 is 19.4 Å². The zero-order valence-electron chi connectivity index (χ0n) is 24.8. The molecule has 0 spiro atoms. The van der Waals surface area contributed by atoms with Crippen molar-refractivity contribution in [2.24, 2.45) is 28.6 Å². The zero-order valence-corrected chi connectivity index (χ0v) is 25.7. The number of Topliss-reactive ketones (excluding diaryl/α,β-unsaturated/α-hetero) is 1. The highest BCUT2D eigenvalue weighted by molar-refractivity contribution is 7.46. The van der Waals surface area contributed by atoms with E-state index in [1.807, 2.05) is 6.92 Å². The van der Waals surface area contributed by atoms with Gasteiger partial charge in [-0.15, -0.1) is 0 Å². The number of aliphatic hydroxyl groups is 5. The largest absolute Gasteiger partial charge is 0.469 e. The summed E-state index contributed by atoms with van der Waals surface area (Å²) in [4.78, 5) is 45.3. The van der Waals surface area contributed by atoms with Gasteiger partial charge < -0.3 is 35.3 Å². The maximum Gasteiger partial charge on any atom is 0.469 e. The number of ketones is 2. The molecule has 0 aromatic heterocycles. The number of allylic oxidation sites excluding steroid dienone is 1. The molecule has 10 atom stereocenters. The van der Waals surface area contributed by atoms with E-state index in [9.17, 15) is 49.5 Å². The molecule has 0 aromatic rings. The number of carbonyl (C=O) groups excluding carboxylic acids is 2. The van der Waals surface area contributed by atoms with E-state index in [0.29, 0.717) is 24.8 Å². The lowest BCUT2D eigenvalue weighted by molar-refractivity contribution is -0.189. The van der Waals surface area contributed by atoms with Crippen molar-refractivity contribution in [2.75, 3.05) is 0 Å². The molecule has 0 unspecified atom stereocenters. The molecule has 3 fully saturated rings. The molecule has 0 saturated heterocycles. The molecule has 0 bridgehead atoms. The first kappa shape index (κ1) is 32.9. The molecule has 4 aliphatic rings. The van der Waals surface area contributed by atoms with Crippen molar-refractivity contribution in [1.82, 2.24) is 0 Å². The Morgan fingerprint density at radius 3 is 2.24 bits per heavy atom. The molecule has 0 heterocycles. The second-order valence-electron chi connectivity index (χ2n) is 14.6. The van der Waals surface area contributed by atoms with Crippen molar-refractivity contribution in [2.45, 2.75) is 128 Å². The first-order valence-electron chi connectivity index (χ1n) is 14.5. The predicted molar refractivity (Wildman–Crippen MR) is 147 cm³/mol. The maximum atomic E-state index is 13.7. The Labute approximate surface area is 241 Å². The van der Waals surface area contributed by atoms with Gasteiger partial charge in [0.05, 0.1) is 22.9 Å². The Bertz CT molecular complexity index is 1170. The van der Waals surface area contributed by atoms with Gasteiger partial charge in [0.1, 0.15) is 11.7 Å². The fraction of sp³-hybridized carbons (Fsp3) is 0.862. The minimum Gasteiger partial charge on any atom is -0.390 e. The van der Waals surface area contributed by atoms with Crippen LogP contribution in [0.15, 0.2) is 11.6 Å². The lowest BCUT2D eigenvalue weighted by atomic mass is 9.44. The smallest absolute Gasteiger partial charge is 0.390 e. The number of phosphoric acid groups is 1. The molecule has 0 radical (unpaired) electrons. The molecule has 7 N–H and O–H groups in total. The minimum absolute atomic E-state index is 0.158. The Kier molecular flexibility index (Phi) is 8.03. The number of phosphoric ester groups is 1. The Morgan fingerprint density at radius 2 is 1.71 bits per heavy atom. The molecular weight excluding hydrogens is 555 g/mol. The van der Waals surface area contributed by atoms with Crippen molar-refractivity contribution in [3.63, 3.8) is 0 Å². The van der Waals surface area contributed by atoms with Gasteiger partial charge in [0.15, 0.2) is 11.6 Å². The number of carbonyl (C=O) groups is 2. The molecule has 41 heavy (non-hydrogen) atoms. The van der Waals surface area contributed by atoms with Gasteiger partial charge in [-0.1, -0.05) is 13.8 Å². The van der Waals surface area contributed by atoms with Gasteiger partial charge in [0.25, 0.3) is 0 Å². The highest BCUT2D eigenvalue weighted by Gasteiger charge is 2.70. The molecule has 3 saturated carbocycles. The van der Waals surface area contributed by atoms with Crippen LogP contribution >= 0.6 is 7.82 Å². The predicted octanol–water partition coefficient (Wildman–Crippen LogP) is 1.93. The van der Waals surface area contributed by atoms with E-state index in [1.165, 1.54) is 6.08 Å². The second-order valence-corrected chi connectivity index (χ2v) is 15.8. The second kappa shape index (κ2) is 10.0. The molecule has 0 amide bonds. The van der Waals surface area contributed by atoms with Gasteiger partial charge in [-0.05, 0) is 108 Å². The Morgan fingerprint density at radius 1 is 1.10 bits per heavy atom. The summed E-state index contributed by atoms with van der Waals surface area (Å²) in [5.74, 6) is -2.91. The van der Waals surface area contributed by atoms with Gasteiger partial charge in [0.2, 0.25) is 0 Å². The monoisotopic (exact) mass is 602 g/mol. The van der Waals surface area contributed by atoms with Crippen LogP contribution in [0.1, 0.15) is 92.9 Å². The van der Waals surface area contributed by atoms with Crippen LogP contribution in [0.2, 0.25) is 0 Å². The highest BCUT2D eigenvalue weighted by atomic mass is 31.2. The number of aliphatic hydroxyl groups excluding tert-OH is 1. The number of hydrogen-bond donors (Lipinski definition) is 7. The van der Waals surface area contributed by atoms with E-state index >= 15 is 0 Å². The summed E-state index contributed by atoms with van der Waals surface area (Å²) in [6.07, 6.45) is 0.105. The summed E-state index contributed by atoms with van der Waals surface area (Å²) in [7, 11) is -5.11. The van der Waals surface area contributed by atoms with Crippen molar-refractivity contribution in [3.8, 4) is 0 Å². The van der Waals surface area contributed by atoms with Crippen LogP contribution in [-0.4, -0.2) is 81.5 Å². The lowest BCUT2D eigenvalue weighted by Gasteiger charge is -2.61. The van der Waals surface area contributed by atoms with Gasteiger partial charge in [-0.3, -0.25) is 14.1 Å². The average Bonchev–Trinajstić information content (AvgIpc) is 3.10. The lowest BCUT2D eigenvalue weighted by Crippen LogP contribution is -2.65. The quantitative estimate of drug-likeness (QED) is 0.200. The van der Waals surface area contributed by atoms with Gasteiger partial charge in [-0.25, -0.2) is 4.57 Å². The fourth-order valence-electron chi connectivity index (χ4n) is 8.96. The average molecular weight is 603 g/mol. The van der Waals surface area contributed by atoms with E-state index in [1.54, 1.807) is 27.7 Å². The van der Waals surface area contributed by atoms with Crippen molar-refractivity contribution in [3.05, 3.63) is 11.6 Å². The molecule has 4 rings (SSSR count). The van der Waals surface area contributed by atoms with Crippen LogP contribution in [0.3, 0.4) is 0 Å². The standard InChI is InChI=1S/C29H47O11P/c1-16(30)28(35)14-19-20(31)13-18-17(25(19,4)15-23(28)40-41(37,38)39)7-11-26(5)21(8-12-29(18,26)36)27(6,34)22(32)9-10-24(2,3)33/h13,17,19,21-23,32-36H,7-12,14-15H2,1-6H3,(H2,37,38,39)/t17-,19-,21-,22+,23-,25+,26+,27+,28-,29+/m0/s1. The fourth-order valence-corrected chi connectivity index (χ4v) is 9.54. The summed E-state index contributed by atoms with van der Waals surface area (Å²) < 4.78 is 16.8. The van der Waals surface area contributed by atoms with E-state index < -0.39 is 76.8 Å². The molecular formula is C29H47O11P. The van der Waals surface area contributed by atoms with Crippen LogP contribution in [-0.2, 0) is 18.7 Å². The summed E-state index contributed by atoms with van der Waals surface area (Å²) in [5, 5.41) is 56.5. The van der Waals surface area contributed by atoms with Gasteiger partial charge in [0, 0.05) is 11.3 Å². The minimum atomic E-state index is -5.11. The third-order valence-corrected chi connectivity index (χ3v) is 12.0. The third kappa shape index (κ3) is 5.23. The van der Waals surface area contributed by atoms with Gasteiger partial charge in [-0.2, -0.15) is 0 Å². The van der Waals surface area contributed by atoms with Crippen LogP contribution < -0.4 is 0 Å². The normalized spacial score (nSPS) is 43.3. The molecule has 4 aliphatic carbocycles. The van der Waals surface area contributed by atoms with Gasteiger partial charge >= 0.3 is 7.82 Å². The van der Waals surface area contributed by atoms with Crippen LogP contribution in [0.5, 0.6) is 0 Å². The third-order valence-electron chi connectivity index (χ3n) is 11.5. The first-order chi connectivity index (χ1) is 18.4.